The average molecular weight is 457 g/mol. The highest BCUT2D eigenvalue weighted by Crippen LogP contribution is 2.50. The van der Waals surface area contributed by atoms with E-state index in [-0.39, 0.29) is 12.2 Å². The van der Waals surface area contributed by atoms with Crippen molar-refractivity contribution in [1.82, 2.24) is 0 Å². The maximum atomic E-state index is 14.2. The molecule has 142 valence electrons. The van der Waals surface area contributed by atoms with E-state index in [9.17, 15) is 19.3 Å². The van der Waals surface area contributed by atoms with Crippen LogP contribution in [0.3, 0.4) is 0 Å². The molecule has 0 heterocycles. The van der Waals surface area contributed by atoms with Crippen LogP contribution in [0.4, 0.5) is 0 Å². The summed E-state index contributed by atoms with van der Waals surface area (Å²) in [5, 5.41) is 10.8. The van der Waals surface area contributed by atoms with Gasteiger partial charge in [-0.3, -0.25) is 9.59 Å². The van der Waals surface area contributed by atoms with E-state index in [1.807, 2.05) is 0 Å². The number of carbonyl (C=O) groups is 2. The first-order chi connectivity index (χ1) is 13.4. The molecule has 1 atom stereocenters. The molecular formula is C22H18BrO4P. The highest BCUT2D eigenvalue weighted by Gasteiger charge is 2.42. The highest BCUT2D eigenvalue weighted by molar-refractivity contribution is 9.10. The Morgan fingerprint density at radius 3 is 1.71 bits per heavy atom. The first-order valence-electron chi connectivity index (χ1n) is 8.65. The molecule has 0 amide bonds. The molecule has 0 saturated carbocycles. The Balaban J connectivity index is 2.07. The summed E-state index contributed by atoms with van der Waals surface area (Å²) >= 11 is 3.31. The fourth-order valence-electron chi connectivity index (χ4n) is 3.11. The quantitative estimate of drug-likeness (QED) is 0.419. The number of carboxylic acid groups (broad SMARTS) is 1. The number of halogens is 1. The predicted molar refractivity (Wildman–Crippen MR) is 114 cm³/mol. The number of aliphatic carboxylic acids is 1. The van der Waals surface area contributed by atoms with Gasteiger partial charge in [-0.15, -0.1) is 0 Å². The minimum absolute atomic E-state index is 0.349. The van der Waals surface area contributed by atoms with Crippen LogP contribution in [0.1, 0.15) is 16.8 Å². The third-order valence-electron chi connectivity index (χ3n) is 4.55. The third kappa shape index (κ3) is 4.16. The van der Waals surface area contributed by atoms with Crippen molar-refractivity contribution in [3.8, 4) is 0 Å². The molecule has 0 aliphatic carbocycles. The zero-order chi connectivity index (χ0) is 20.1. The van der Waals surface area contributed by atoms with Crippen molar-refractivity contribution in [2.45, 2.75) is 12.1 Å². The van der Waals surface area contributed by atoms with Crippen LogP contribution in [0.25, 0.3) is 0 Å². The molecule has 0 unspecified atom stereocenters. The Bertz CT molecular complexity index is 974. The van der Waals surface area contributed by atoms with Crippen molar-refractivity contribution in [2.24, 2.45) is 0 Å². The van der Waals surface area contributed by atoms with Crippen molar-refractivity contribution in [2.75, 3.05) is 0 Å². The number of hydrogen-bond acceptors (Lipinski definition) is 3. The van der Waals surface area contributed by atoms with Crippen LogP contribution in [0.2, 0.25) is 0 Å². The molecule has 0 bridgehead atoms. The maximum absolute atomic E-state index is 14.2. The van der Waals surface area contributed by atoms with Gasteiger partial charge in [0.05, 0.1) is 0 Å². The van der Waals surface area contributed by atoms with Crippen LogP contribution in [0.5, 0.6) is 0 Å². The molecule has 0 spiro atoms. The largest absolute Gasteiger partial charge is 0.481 e. The molecule has 3 rings (SSSR count). The van der Waals surface area contributed by atoms with Crippen LogP contribution in [-0.4, -0.2) is 22.5 Å². The van der Waals surface area contributed by atoms with E-state index < -0.39 is 18.8 Å². The molecule has 3 aromatic rings. The van der Waals surface area contributed by atoms with E-state index >= 15 is 0 Å². The van der Waals surface area contributed by atoms with E-state index in [1.54, 1.807) is 84.9 Å². The monoisotopic (exact) mass is 456 g/mol. The van der Waals surface area contributed by atoms with Gasteiger partial charge in [-0.05, 0) is 12.1 Å². The molecule has 0 radical (unpaired) electrons. The topological polar surface area (TPSA) is 71.4 Å². The van der Waals surface area contributed by atoms with Crippen LogP contribution >= 0.6 is 23.1 Å². The first kappa shape index (κ1) is 20.2. The lowest BCUT2D eigenvalue weighted by molar-refractivity contribution is -0.136. The van der Waals surface area contributed by atoms with Crippen LogP contribution in [0, 0.1) is 0 Å². The SMILES string of the molecule is O=C(C[C@@H](C(=O)O)P(=O)(c1ccccc1)c1ccccc1)c1ccc(Br)cc1. The zero-order valence-electron chi connectivity index (χ0n) is 14.9. The lowest BCUT2D eigenvalue weighted by Crippen LogP contribution is -2.33. The lowest BCUT2D eigenvalue weighted by atomic mass is 10.1. The summed E-state index contributed by atoms with van der Waals surface area (Å²) in [4.78, 5) is 25.0. The Morgan fingerprint density at radius 2 is 1.29 bits per heavy atom. The van der Waals surface area contributed by atoms with Crippen molar-refractivity contribution in [3.05, 3.63) is 95.0 Å². The molecule has 4 nitrogen and oxygen atoms in total. The Labute approximate surface area is 171 Å². The first-order valence-corrected chi connectivity index (χ1v) is 11.2. The van der Waals surface area contributed by atoms with Crippen molar-refractivity contribution < 1.29 is 19.3 Å². The number of benzene rings is 3. The van der Waals surface area contributed by atoms with Crippen LogP contribution < -0.4 is 10.6 Å². The zero-order valence-corrected chi connectivity index (χ0v) is 17.3. The van der Waals surface area contributed by atoms with E-state index in [4.69, 9.17) is 0 Å². The van der Waals surface area contributed by atoms with Gasteiger partial charge in [0, 0.05) is 27.1 Å². The maximum Gasteiger partial charge on any atom is 0.315 e. The van der Waals surface area contributed by atoms with Gasteiger partial charge in [0.15, 0.2) is 12.9 Å². The fourth-order valence-corrected chi connectivity index (χ4v) is 6.35. The predicted octanol–water partition coefficient (Wildman–Crippen LogP) is 4.49. The summed E-state index contributed by atoms with van der Waals surface area (Å²) in [5.41, 5.74) is -0.962. The van der Waals surface area contributed by atoms with Gasteiger partial charge in [0.25, 0.3) is 0 Å². The number of carboxylic acids is 1. The van der Waals surface area contributed by atoms with Crippen molar-refractivity contribution in [3.63, 3.8) is 0 Å². The number of ketones is 1. The number of rotatable bonds is 7. The molecular weight excluding hydrogens is 439 g/mol. The second kappa shape index (κ2) is 8.68. The van der Waals surface area contributed by atoms with E-state index in [2.05, 4.69) is 15.9 Å². The van der Waals surface area contributed by atoms with E-state index in [0.717, 1.165) is 4.47 Å². The van der Waals surface area contributed by atoms with E-state index in [0.29, 0.717) is 16.2 Å². The number of Topliss-reactive ketones (excluding diaryl/α,β-unsaturated/α-hetero) is 1. The van der Waals surface area contributed by atoms with Gasteiger partial charge in [0.1, 0.15) is 5.66 Å². The summed E-state index contributed by atoms with van der Waals surface area (Å²) in [7, 11) is -3.60. The summed E-state index contributed by atoms with van der Waals surface area (Å²) in [6, 6.07) is 23.8. The Kier molecular flexibility index (Phi) is 6.28. The standard InChI is InChI=1S/C22H18BrO4P/c23-17-13-11-16(12-14-17)20(24)15-21(22(25)26)28(27,18-7-3-1-4-8-18)19-9-5-2-6-10-19/h1-14,21H,15H2,(H,25,26)/t21-/m0/s1. The van der Waals surface area contributed by atoms with Gasteiger partial charge >= 0.3 is 5.97 Å². The number of carbonyl (C=O) groups excluding carboxylic acids is 1. The fraction of sp³-hybridized carbons (Fsp3) is 0.0909. The average Bonchev–Trinajstić information content (AvgIpc) is 2.73. The Morgan fingerprint density at radius 1 is 0.821 bits per heavy atom. The second-order valence-corrected chi connectivity index (χ2v) is 10.2. The molecule has 1 N–H and O–H groups in total. The minimum atomic E-state index is -3.60. The summed E-state index contributed by atoms with van der Waals surface area (Å²) < 4.78 is 15.1. The number of hydrogen-bond donors (Lipinski definition) is 1. The normalized spacial score (nSPS) is 12.3. The molecule has 0 aliphatic rings. The third-order valence-corrected chi connectivity index (χ3v) is 8.49. The molecule has 0 saturated heterocycles. The lowest BCUT2D eigenvalue weighted by Gasteiger charge is -2.25. The van der Waals surface area contributed by atoms with Gasteiger partial charge < -0.3 is 9.67 Å². The molecule has 6 heteroatoms. The molecule has 28 heavy (non-hydrogen) atoms. The second-order valence-electron chi connectivity index (χ2n) is 6.32. The van der Waals surface area contributed by atoms with Crippen LogP contribution in [-0.2, 0) is 9.36 Å². The van der Waals surface area contributed by atoms with Crippen molar-refractivity contribution in [1.29, 1.82) is 0 Å². The highest BCUT2D eigenvalue weighted by atomic mass is 79.9. The van der Waals surface area contributed by atoms with Gasteiger partial charge in [0.2, 0.25) is 0 Å². The molecule has 0 aliphatic heterocycles. The van der Waals surface area contributed by atoms with Crippen LogP contribution in [0.15, 0.2) is 89.4 Å². The summed E-state index contributed by atoms with van der Waals surface area (Å²) in [6.45, 7) is 0. The smallest absolute Gasteiger partial charge is 0.315 e. The summed E-state index contributed by atoms with van der Waals surface area (Å²) in [6.07, 6.45) is -0.349. The minimum Gasteiger partial charge on any atom is -0.481 e. The molecule has 0 fully saturated rings. The Hall–Kier alpha value is -2.49. The van der Waals surface area contributed by atoms with Gasteiger partial charge in [-0.25, -0.2) is 0 Å². The molecule has 0 aromatic heterocycles. The van der Waals surface area contributed by atoms with Gasteiger partial charge in [-0.2, -0.15) is 0 Å². The van der Waals surface area contributed by atoms with E-state index in [1.165, 1.54) is 0 Å². The summed E-state index contributed by atoms with van der Waals surface area (Å²) in [5.74, 6) is -1.60. The molecule has 3 aromatic carbocycles. The van der Waals surface area contributed by atoms with Crippen molar-refractivity contribution >= 4 is 45.4 Å². The van der Waals surface area contributed by atoms with Gasteiger partial charge in [-0.1, -0.05) is 88.7 Å².